The lowest BCUT2D eigenvalue weighted by Gasteiger charge is -2.22. The molecule has 0 atom stereocenters. The van der Waals surface area contributed by atoms with Crippen LogP contribution in [0.3, 0.4) is 0 Å². The molecule has 1 N–H and O–H groups in total. The highest BCUT2D eigenvalue weighted by Crippen LogP contribution is 2.26. The van der Waals surface area contributed by atoms with E-state index in [1.165, 1.54) is 17.0 Å². The van der Waals surface area contributed by atoms with Crippen LogP contribution in [0.4, 0.5) is 10.3 Å². The minimum absolute atomic E-state index is 0.0817. The molecule has 7 nitrogen and oxygen atoms in total. The van der Waals surface area contributed by atoms with Gasteiger partial charge in [-0.05, 0) is 55.5 Å². The van der Waals surface area contributed by atoms with Crippen molar-refractivity contribution in [2.75, 3.05) is 25.5 Å². The number of nitrogens with one attached hydrogen (secondary N) is 1. The van der Waals surface area contributed by atoms with Crippen molar-refractivity contribution in [1.82, 2.24) is 14.5 Å². The maximum Gasteiger partial charge on any atom is 0.246 e. The number of benzene rings is 2. The zero-order valence-electron chi connectivity index (χ0n) is 18.6. The zero-order valence-corrected chi connectivity index (χ0v) is 18.6. The molecule has 2 amide bonds. The highest BCUT2D eigenvalue weighted by molar-refractivity contribution is 5.94. The van der Waals surface area contributed by atoms with Gasteiger partial charge in [0.25, 0.3) is 0 Å². The van der Waals surface area contributed by atoms with E-state index in [4.69, 9.17) is 4.74 Å². The molecule has 0 aliphatic rings. The van der Waals surface area contributed by atoms with Gasteiger partial charge in [0.2, 0.25) is 17.8 Å². The van der Waals surface area contributed by atoms with Crippen LogP contribution in [0, 0.1) is 11.7 Å². The van der Waals surface area contributed by atoms with E-state index in [0.717, 1.165) is 11.3 Å². The molecular formula is C24H27FN4O3. The molecule has 32 heavy (non-hydrogen) atoms. The molecule has 0 aliphatic carbocycles. The molecule has 0 fully saturated rings. The summed E-state index contributed by atoms with van der Waals surface area (Å²) in [5, 5.41) is 2.80. The molecule has 0 saturated carbocycles. The van der Waals surface area contributed by atoms with E-state index in [-0.39, 0.29) is 36.0 Å². The Morgan fingerprint density at radius 1 is 1.12 bits per heavy atom. The molecule has 0 bridgehead atoms. The lowest BCUT2D eigenvalue weighted by molar-refractivity contribution is -0.137. The fourth-order valence-corrected chi connectivity index (χ4v) is 3.22. The van der Waals surface area contributed by atoms with E-state index in [1.54, 1.807) is 43.9 Å². The number of ether oxygens (including phenoxy) is 1. The van der Waals surface area contributed by atoms with E-state index >= 15 is 0 Å². The van der Waals surface area contributed by atoms with Crippen molar-refractivity contribution in [2.24, 2.45) is 5.92 Å². The summed E-state index contributed by atoms with van der Waals surface area (Å²) in [6.45, 7) is 5.76. The average Bonchev–Trinajstić information content (AvgIpc) is 3.21. The van der Waals surface area contributed by atoms with Crippen LogP contribution in [0.5, 0.6) is 5.75 Å². The van der Waals surface area contributed by atoms with Crippen LogP contribution in [-0.4, -0.2) is 46.5 Å². The summed E-state index contributed by atoms with van der Waals surface area (Å²) in [5.74, 6) is -0.0269. The predicted molar refractivity (Wildman–Crippen MR) is 121 cm³/mol. The topological polar surface area (TPSA) is 76.5 Å². The second-order valence-corrected chi connectivity index (χ2v) is 7.58. The van der Waals surface area contributed by atoms with Crippen molar-refractivity contribution in [3.63, 3.8) is 0 Å². The summed E-state index contributed by atoms with van der Waals surface area (Å²) in [5.41, 5.74) is 2.09. The maximum atomic E-state index is 13.4. The van der Waals surface area contributed by atoms with Crippen molar-refractivity contribution >= 4 is 17.8 Å². The number of methoxy groups -OCH3 is 1. The number of hydrogen-bond donors (Lipinski definition) is 1. The van der Waals surface area contributed by atoms with Gasteiger partial charge in [-0.2, -0.15) is 0 Å². The van der Waals surface area contributed by atoms with Crippen molar-refractivity contribution in [1.29, 1.82) is 0 Å². The molecule has 8 heteroatoms. The molecule has 1 aromatic heterocycles. The zero-order chi connectivity index (χ0) is 23.3. The van der Waals surface area contributed by atoms with Crippen molar-refractivity contribution in [3.05, 3.63) is 60.5 Å². The van der Waals surface area contributed by atoms with Crippen LogP contribution in [0.15, 0.2) is 54.7 Å². The fraction of sp³-hybridized carbons (Fsp3) is 0.292. The standard InChI is InChI=1S/C24H27FN4O3/c1-5-28(23(31)16(2)3)15-22(30)27-24-26-21(17-6-12-20(32-4)13-7-17)14-29(24)19-10-8-18(25)9-11-19/h6-14,16H,5,15H2,1-4H3,(H,26,27,30). The number of halogens is 1. The number of rotatable bonds is 8. The molecule has 2 aromatic carbocycles. The third-order valence-electron chi connectivity index (χ3n) is 4.97. The van der Waals surface area contributed by atoms with Gasteiger partial charge in [-0.25, -0.2) is 9.37 Å². The van der Waals surface area contributed by atoms with E-state index in [9.17, 15) is 14.0 Å². The third kappa shape index (κ3) is 5.32. The molecule has 0 aliphatic heterocycles. The summed E-state index contributed by atoms with van der Waals surface area (Å²) < 4.78 is 20.3. The van der Waals surface area contributed by atoms with Crippen LogP contribution in [0.2, 0.25) is 0 Å². The second-order valence-electron chi connectivity index (χ2n) is 7.58. The van der Waals surface area contributed by atoms with Gasteiger partial charge in [-0.1, -0.05) is 13.8 Å². The number of aromatic nitrogens is 2. The van der Waals surface area contributed by atoms with Gasteiger partial charge in [0.1, 0.15) is 11.6 Å². The van der Waals surface area contributed by atoms with Gasteiger partial charge in [-0.15, -0.1) is 0 Å². The van der Waals surface area contributed by atoms with Gasteiger partial charge in [-0.3, -0.25) is 19.5 Å². The van der Waals surface area contributed by atoms with Crippen LogP contribution >= 0.6 is 0 Å². The first-order valence-electron chi connectivity index (χ1n) is 10.4. The number of carbonyl (C=O) groups is 2. The Balaban J connectivity index is 1.92. The van der Waals surface area contributed by atoms with E-state index < -0.39 is 0 Å². The van der Waals surface area contributed by atoms with E-state index in [1.807, 2.05) is 31.2 Å². The Kier molecular flexibility index (Phi) is 7.25. The Bertz CT molecular complexity index is 1080. The van der Waals surface area contributed by atoms with Gasteiger partial charge >= 0.3 is 0 Å². The highest BCUT2D eigenvalue weighted by atomic mass is 19.1. The fourth-order valence-electron chi connectivity index (χ4n) is 3.22. The first kappa shape index (κ1) is 23.0. The largest absolute Gasteiger partial charge is 0.497 e. The summed E-state index contributed by atoms with van der Waals surface area (Å²) in [6.07, 6.45) is 1.77. The smallest absolute Gasteiger partial charge is 0.246 e. The normalized spacial score (nSPS) is 10.8. The summed E-state index contributed by atoms with van der Waals surface area (Å²) in [6, 6.07) is 13.3. The molecule has 0 unspecified atom stereocenters. The molecule has 0 saturated heterocycles. The first-order valence-corrected chi connectivity index (χ1v) is 10.4. The van der Waals surface area contributed by atoms with Gasteiger partial charge in [0.15, 0.2) is 0 Å². The summed E-state index contributed by atoms with van der Waals surface area (Å²) >= 11 is 0. The predicted octanol–water partition coefficient (Wildman–Crippen LogP) is 4.13. The van der Waals surface area contributed by atoms with E-state index in [0.29, 0.717) is 17.9 Å². The van der Waals surface area contributed by atoms with Crippen molar-refractivity contribution in [2.45, 2.75) is 20.8 Å². The van der Waals surface area contributed by atoms with Gasteiger partial charge < -0.3 is 9.64 Å². The number of anilines is 1. The lowest BCUT2D eigenvalue weighted by atomic mass is 10.1. The lowest BCUT2D eigenvalue weighted by Crippen LogP contribution is -2.40. The van der Waals surface area contributed by atoms with Crippen LogP contribution in [0.1, 0.15) is 20.8 Å². The molecule has 3 aromatic rings. The Morgan fingerprint density at radius 3 is 2.34 bits per heavy atom. The number of amides is 2. The number of carbonyl (C=O) groups excluding carboxylic acids is 2. The molecular weight excluding hydrogens is 411 g/mol. The molecule has 168 valence electrons. The second kappa shape index (κ2) is 10.1. The Hall–Kier alpha value is -3.68. The number of nitrogens with zero attached hydrogens (tertiary/aromatic N) is 3. The molecule has 3 rings (SSSR count). The summed E-state index contributed by atoms with van der Waals surface area (Å²) in [7, 11) is 1.59. The minimum Gasteiger partial charge on any atom is -0.497 e. The first-order chi connectivity index (χ1) is 15.3. The molecule has 1 heterocycles. The number of hydrogen-bond acceptors (Lipinski definition) is 4. The third-order valence-corrected chi connectivity index (χ3v) is 4.97. The van der Waals surface area contributed by atoms with Crippen molar-refractivity contribution in [3.8, 4) is 22.7 Å². The van der Waals surface area contributed by atoms with Crippen LogP contribution in [0.25, 0.3) is 16.9 Å². The molecule has 0 radical (unpaired) electrons. The van der Waals surface area contributed by atoms with Crippen molar-refractivity contribution < 1.29 is 18.7 Å². The number of imidazole rings is 1. The number of likely N-dealkylation sites (N-methyl/N-ethyl adjacent to an activating group) is 1. The minimum atomic E-state index is -0.365. The SMILES string of the molecule is CCN(CC(=O)Nc1nc(-c2ccc(OC)cc2)cn1-c1ccc(F)cc1)C(=O)C(C)C. The Labute approximate surface area is 186 Å². The monoisotopic (exact) mass is 438 g/mol. The van der Waals surface area contributed by atoms with Gasteiger partial charge in [0.05, 0.1) is 19.3 Å². The van der Waals surface area contributed by atoms with E-state index in [2.05, 4.69) is 10.3 Å². The van der Waals surface area contributed by atoms with Gasteiger partial charge in [0, 0.05) is 29.9 Å². The van der Waals surface area contributed by atoms with Crippen LogP contribution < -0.4 is 10.1 Å². The van der Waals surface area contributed by atoms with Crippen LogP contribution in [-0.2, 0) is 9.59 Å². The molecule has 0 spiro atoms. The average molecular weight is 439 g/mol. The highest BCUT2D eigenvalue weighted by Gasteiger charge is 2.20. The quantitative estimate of drug-likeness (QED) is 0.574. The Morgan fingerprint density at radius 2 is 1.78 bits per heavy atom. The summed E-state index contributed by atoms with van der Waals surface area (Å²) in [4.78, 5) is 31.1. The maximum absolute atomic E-state index is 13.4.